The van der Waals surface area contributed by atoms with Crippen LogP contribution < -0.4 is 0 Å². The lowest BCUT2D eigenvalue weighted by Crippen LogP contribution is -2.56. The Morgan fingerprint density at radius 2 is 1.97 bits per heavy atom. The third-order valence-electron chi connectivity index (χ3n) is 11.0. The fraction of sp³-hybridized carbons (Fsp3) is 0.871. The van der Waals surface area contributed by atoms with Crippen LogP contribution in [-0.2, 0) is 4.74 Å². The summed E-state index contributed by atoms with van der Waals surface area (Å²) in [6.07, 6.45) is 12.1. The Morgan fingerprint density at radius 3 is 2.74 bits per heavy atom. The van der Waals surface area contributed by atoms with E-state index in [0.29, 0.717) is 29.4 Å². The molecule has 198 valence electrons. The average Bonchev–Trinajstić information content (AvgIpc) is 3.19. The Labute approximate surface area is 215 Å². The van der Waals surface area contributed by atoms with Crippen molar-refractivity contribution in [3.63, 3.8) is 0 Å². The number of aliphatic hydroxyl groups is 1. The van der Waals surface area contributed by atoms with E-state index in [-0.39, 0.29) is 6.10 Å². The average molecular weight is 485 g/mol. The van der Waals surface area contributed by atoms with Crippen molar-refractivity contribution in [3.05, 3.63) is 22.8 Å². The number of aliphatic hydroxyl groups excluding tert-OH is 1. The van der Waals surface area contributed by atoms with Crippen LogP contribution in [0.3, 0.4) is 0 Å². The van der Waals surface area contributed by atoms with Crippen LogP contribution in [0.25, 0.3) is 0 Å². The molecule has 2 heterocycles. The molecular formula is C31H52N2O2. The first-order valence-corrected chi connectivity index (χ1v) is 14.8. The first-order valence-electron chi connectivity index (χ1n) is 14.8. The molecule has 5 rings (SSSR count). The van der Waals surface area contributed by atoms with Crippen LogP contribution in [0.5, 0.6) is 0 Å². The van der Waals surface area contributed by atoms with Crippen LogP contribution >= 0.6 is 0 Å². The normalized spacial score (nSPS) is 46.9. The second-order valence-electron chi connectivity index (χ2n) is 13.7. The Bertz CT molecular complexity index is 834. The van der Waals surface area contributed by atoms with E-state index >= 15 is 0 Å². The lowest BCUT2D eigenvalue weighted by Gasteiger charge is -2.49. The van der Waals surface area contributed by atoms with Crippen LogP contribution in [0.1, 0.15) is 79.1 Å². The van der Waals surface area contributed by atoms with Crippen molar-refractivity contribution in [2.24, 2.45) is 35.0 Å². The number of ether oxygens (including phenoxy) is 1. The fourth-order valence-electron chi connectivity index (χ4n) is 9.05. The second kappa shape index (κ2) is 10.2. The van der Waals surface area contributed by atoms with Gasteiger partial charge in [0.2, 0.25) is 0 Å². The minimum Gasteiger partial charge on any atom is -0.389 e. The summed E-state index contributed by atoms with van der Waals surface area (Å²) in [5, 5.41) is 10.3. The Hall–Kier alpha value is -0.680. The van der Waals surface area contributed by atoms with Crippen molar-refractivity contribution in [1.82, 2.24) is 9.80 Å². The van der Waals surface area contributed by atoms with Gasteiger partial charge in [-0.15, -0.1) is 0 Å². The number of nitrogens with zero attached hydrogens (tertiary/aromatic N) is 2. The number of hydrogen-bond acceptors (Lipinski definition) is 4. The largest absolute Gasteiger partial charge is 0.389 e. The van der Waals surface area contributed by atoms with Crippen LogP contribution in [0, 0.1) is 35.0 Å². The van der Waals surface area contributed by atoms with Crippen molar-refractivity contribution >= 4 is 0 Å². The van der Waals surface area contributed by atoms with E-state index in [0.717, 1.165) is 50.3 Å². The molecular weight excluding hydrogens is 432 g/mol. The van der Waals surface area contributed by atoms with Crippen LogP contribution in [0.2, 0.25) is 0 Å². The minimum absolute atomic E-state index is 0.215. The highest BCUT2D eigenvalue weighted by molar-refractivity contribution is 5.32. The molecule has 1 saturated heterocycles. The molecule has 0 bridgehead atoms. The molecule has 3 aliphatic carbocycles. The predicted octanol–water partition coefficient (Wildman–Crippen LogP) is 5.52. The fourth-order valence-corrected chi connectivity index (χ4v) is 9.05. The molecule has 5 aliphatic rings. The van der Waals surface area contributed by atoms with E-state index in [9.17, 15) is 5.11 Å². The number of rotatable bonds is 3. The zero-order chi connectivity index (χ0) is 24.9. The van der Waals surface area contributed by atoms with E-state index in [2.05, 4.69) is 57.7 Å². The highest BCUT2D eigenvalue weighted by Crippen LogP contribution is 2.62. The van der Waals surface area contributed by atoms with E-state index in [4.69, 9.17) is 4.74 Å². The molecule has 3 fully saturated rings. The van der Waals surface area contributed by atoms with Gasteiger partial charge in [-0.25, -0.2) is 0 Å². The maximum absolute atomic E-state index is 10.3. The number of fused-ring (bicyclic) bond motifs is 6. The summed E-state index contributed by atoms with van der Waals surface area (Å²) < 4.78 is 6.86. The van der Waals surface area contributed by atoms with E-state index < -0.39 is 0 Å². The van der Waals surface area contributed by atoms with Gasteiger partial charge in [-0.1, -0.05) is 38.0 Å². The number of allylic oxidation sites excluding steroid dienone is 2. The third-order valence-corrected chi connectivity index (χ3v) is 11.0. The number of hydrogen-bond donors (Lipinski definition) is 1. The summed E-state index contributed by atoms with van der Waals surface area (Å²) in [5.74, 6) is 3.68. The molecule has 1 N–H and O–H groups in total. The van der Waals surface area contributed by atoms with Gasteiger partial charge >= 0.3 is 0 Å². The van der Waals surface area contributed by atoms with Crippen LogP contribution in [0.15, 0.2) is 22.8 Å². The van der Waals surface area contributed by atoms with Crippen LogP contribution in [-0.4, -0.2) is 73.5 Å². The standard InChI is InChI=1S/C31H52N2O2/c1-20-15-29-30(33(18-20)14-13-32(5)6)21(2)7-9-25-26-10-8-23-16-24(34)11-12-31(23,4)28(26)17-27(25)22(3)19-35-29/h16,20-21,24-26,28-30,34H,7-15,17-19H2,1-6H3/b27-22-/t20-,21-,24-,25-,26?,28-,29+,30-,31-/m0/s1. The summed E-state index contributed by atoms with van der Waals surface area (Å²) >= 11 is 0. The lowest BCUT2D eigenvalue weighted by atomic mass is 9.56. The van der Waals surface area contributed by atoms with Crippen molar-refractivity contribution < 1.29 is 9.84 Å². The van der Waals surface area contributed by atoms with Gasteiger partial charge in [0, 0.05) is 25.7 Å². The molecule has 0 spiro atoms. The van der Waals surface area contributed by atoms with Crippen LogP contribution in [0.4, 0.5) is 0 Å². The molecule has 9 atom stereocenters. The molecule has 35 heavy (non-hydrogen) atoms. The molecule has 0 amide bonds. The molecule has 0 aromatic carbocycles. The van der Waals surface area contributed by atoms with Gasteiger partial charge in [-0.3, -0.25) is 4.90 Å². The summed E-state index contributed by atoms with van der Waals surface area (Å²) in [6, 6.07) is 0.552. The second-order valence-corrected chi connectivity index (χ2v) is 13.7. The van der Waals surface area contributed by atoms with E-state index in [1.165, 1.54) is 45.1 Å². The third kappa shape index (κ3) is 4.94. The molecule has 1 unspecified atom stereocenters. The topological polar surface area (TPSA) is 35.9 Å². The molecule has 2 saturated carbocycles. The first kappa shape index (κ1) is 25.9. The van der Waals surface area contributed by atoms with Gasteiger partial charge in [0.15, 0.2) is 0 Å². The number of likely N-dealkylation sites (tertiary alicyclic amines) is 1. The highest BCUT2D eigenvalue weighted by Gasteiger charge is 2.53. The van der Waals surface area contributed by atoms with Crippen molar-refractivity contribution in [2.45, 2.75) is 97.3 Å². The highest BCUT2D eigenvalue weighted by atomic mass is 16.5. The van der Waals surface area contributed by atoms with Crippen molar-refractivity contribution in [1.29, 1.82) is 0 Å². The SMILES string of the molecule is C/C1=C2\C[C@H]3C(CCC4=C[C@@H](O)CC[C@@]43C)[C@@H]2CC[C@H](C)[C@H]2[C@@H](C[C@H](C)CN2CCN(C)C)OC1. The zero-order valence-electron chi connectivity index (χ0n) is 23.4. The van der Waals surface area contributed by atoms with Gasteiger partial charge in [0.1, 0.15) is 0 Å². The predicted molar refractivity (Wildman–Crippen MR) is 144 cm³/mol. The molecule has 4 nitrogen and oxygen atoms in total. The Kier molecular flexibility index (Phi) is 7.59. The van der Waals surface area contributed by atoms with Gasteiger partial charge in [0.05, 0.1) is 18.8 Å². The van der Waals surface area contributed by atoms with E-state index in [1.807, 2.05) is 0 Å². The summed E-state index contributed by atoms with van der Waals surface area (Å²) in [4.78, 5) is 5.11. The van der Waals surface area contributed by atoms with Gasteiger partial charge < -0.3 is 14.7 Å². The summed E-state index contributed by atoms with van der Waals surface area (Å²) in [7, 11) is 4.39. The first-order chi connectivity index (χ1) is 16.7. The quantitative estimate of drug-likeness (QED) is 0.535. The minimum atomic E-state index is -0.215. The summed E-state index contributed by atoms with van der Waals surface area (Å²) in [6.45, 7) is 14.2. The molecule has 0 radical (unpaired) electrons. The number of likely N-dealkylation sites (N-methyl/N-ethyl adjacent to an activating group) is 1. The molecule has 2 aliphatic heterocycles. The molecule has 0 aromatic heterocycles. The van der Waals surface area contributed by atoms with Crippen molar-refractivity contribution in [3.8, 4) is 0 Å². The van der Waals surface area contributed by atoms with Crippen molar-refractivity contribution in [2.75, 3.05) is 40.3 Å². The smallest absolute Gasteiger partial charge is 0.0740 e. The lowest BCUT2D eigenvalue weighted by molar-refractivity contribution is -0.0734. The number of piperidine rings is 1. The van der Waals surface area contributed by atoms with E-state index in [1.54, 1.807) is 16.7 Å². The maximum atomic E-state index is 10.3. The molecule has 0 aromatic rings. The Morgan fingerprint density at radius 1 is 1.17 bits per heavy atom. The maximum Gasteiger partial charge on any atom is 0.0740 e. The zero-order valence-corrected chi connectivity index (χ0v) is 23.4. The Balaban J connectivity index is 1.40. The summed E-state index contributed by atoms with van der Waals surface area (Å²) in [5.41, 5.74) is 5.16. The van der Waals surface area contributed by atoms with Gasteiger partial charge in [-0.2, -0.15) is 0 Å². The van der Waals surface area contributed by atoms with Gasteiger partial charge in [0.25, 0.3) is 0 Å². The monoisotopic (exact) mass is 484 g/mol. The van der Waals surface area contributed by atoms with Gasteiger partial charge in [-0.05, 0) is 113 Å². The molecule has 4 heteroatoms.